The number of carboxylic acid groups (broad SMARTS) is 1. The largest absolute Gasteiger partial charge is 0.479 e. The Morgan fingerprint density at radius 1 is 1.59 bits per heavy atom. The van der Waals surface area contributed by atoms with Gasteiger partial charge in [-0.05, 0) is 6.92 Å². The molecule has 7 heteroatoms. The number of aryl methyl sites for hydroxylation is 1. The zero-order chi connectivity index (χ0) is 12.2. The Labute approximate surface area is 96.3 Å². The molecule has 0 fully saturated rings. The molecule has 1 atom stereocenters. The number of imidazole rings is 1. The van der Waals surface area contributed by atoms with Gasteiger partial charge in [-0.3, -0.25) is 9.25 Å². The van der Waals surface area contributed by atoms with Gasteiger partial charge < -0.3 is 9.84 Å². The maximum absolute atomic E-state index is 11.0. The summed E-state index contributed by atoms with van der Waals surface area (Å²) in [6, 6.07) is 0. The van der Waals surface area contributed by atoms with Gasteiger partial charge in [0.2, 0.25) is 5.82 Å². The molecule has 0 bridgehead atoms. The smallest absolute Gasteiger partial charge is 0.356 e. The molecule has 2 aromatic heterocycles. The Morgan fingerprint density at radius 3 is 3.06 bits per heavy atom. The summed E-state index contributed by atoms with van der Waals surface area (Å²) in [5, 5.41) is 13.3. The van der Waals surface area contributed by atoms with Gasteiger partial charge >= 0.3 is 5.97 Å². The van der Waals surface area contributed by atoms with Crippen molar-refractivity contribution in [1.29, 1.82) is 0 Å². The molecule has 17 heavy (non-hydrogen) atoms. The molecule has 1 unspecified atom stereocenters. The van der Waals surface area contributed by atoms with Crippen LogP contribution in [0.4, 0.5) is 0 Å². The monoisotopic (exact) mass is 234 g/mol. The second kappa shape index (κ2) is 3.09. The lowest BCUT2D eigenvalue weighted by atomic mass is 10.2. The summed E-state index contributed by atoms with van der Waals surface area (Å²) in [5.41, 5.74) is 0.525. The molecule has 0 radical (unpaired) electrons. The molecule has 2 aromatic rings. The number of nitrogens with zero attached hydrogens (tertiary/aromatic N) is 4. The van der Waals surface area contributed by atoms with Crippen LogP contribution >= 0.6 is 0 Å². The van der Waals surface area contributed by atoms with Gasteiger partial charge in [0.15, 0.2) is 11.4 Å². The SMILES string of the molecule is CC1Oc2cn(C)nc2-n2cnc(C(=O)O)c21. The van der Waals surface area contributed by atoms with E-state index in [1.165, 1.54) is 6.33 Å². The highest BCUT2D eigenvalue weighted by Gasteiger charge is 2.31. The third kappa shape index (κ3) is 1.25. The maximum atomic E-state index is 11.0. The van der Waals surface area contributed by atoms with Crippen LogP contribution in [-0.4, -0.2) is 30.4 Å². The van der Waals surface area contributed by atoms with Crippen LogP contribution in [0.25, 0.3) is 5.82 Å². The Morgan fingerprint density at radius 2 is 2.35 bits per heavy atom. The third-order valence-electron chi connectivity index (χ3n) is 2.70. The van der Waals surface area contributed by atoms with Gasteiger partial charge in [-0.2, -0.15) is 5.10 Å². The van der Waals surface area contributed by atoms with E-state index < -0.39 is 5.97 Å². The van der Waals surface area contributed by atoms with E-state index in [9.17, 15) is 4.79 Å². The van der Waals surface area contributed by atoms with Gasteiger partial charge in [0.1, 0.15) is 12.4 Å². The van der Waals surface area contributed by atoms with Gasteiger partial charge in [-0.15, -0.1) is 0 Å². The van der Waals surface area contributed by atoms with E-state index in [0.717, 1.165) is 0 Å². The summed E-state index contributed by atoms with van der Waals surface area (Å²) < 4.78 is 8.90. The van der Waals surface area contributed by atoms with Crippen molar-refractivity contribution in [2.45, 2.75) is 13.0 Å². The highest BCUT2D eigenvalue weighted by atomic mass is 16.5. The minimum Gasteiger partial charge on any atom is -0.479 e. The molecular formula is C10H10N4O3. The van der Waals surface area contributed by atoms with E-state index in [-0.39, 0.29) is 11.8 Å². The lowest BCUT2D eigenvalue weighted by molar-refractivity contribution is 0.0684. The van der Waals surface area contributed by atoms with Crippen molar-refractivity contribution < 1.29 is 14.6 Å². The highest BCUT2D eigenvalue weighted by molar-refractivity contribution is 5.87. The standard InChI is InChI=1S/C10H10N4O3/c1-5-8-7(10(15)16)11-4-14(8)9-6(17-5)3-13(2)12-9/h3-5H,1-2H3,(H,15,16). The number of ether oxygens (including phenoxy) is 1. The van der Waals surface area contributed by atoms with Crippen molar-refractivity contribution in [2.75, 3.05) is 0 Å². The maximum Gasteiger partial charge on any atom is 0.356 e. The number of aromatic nitrogens is 4. The first-order valence-electron chi connectivity index (χ1n) is 5.09. The van der Waals surface area contributed by atoms with Crippen LogP contribution in [0.15, 0.2) is 12.5 Å². The first-order valence-corrected chi connectivity index (χ1v) is 5.09. The van der Waals surface area contributed by atoms with E-state index in [4.69, 9.17) is 9.84 Å². The Hall–Kier alpha value is -2.31. The molecule has 0 aromatic carbocycles. The zero-order valence-corrected chi connectivity index (χ0v) is 9.28. The summed E-state index contributed by atoms with van der Waals surface area (Å²) in [5.74, 6) is 0.135. The number of rotatable bonds is 1. The average molecular weight is 234 g/mol. The van der Waals surface area contributed by atoms with Crippen molar-refractivity contribution in [3.05, 3.63) is 23.9 Å². The molecule has 0 saturated carbocycles. The number of carboxylic acids is 1. The molecule has 1 aliphatic heterocycles. The van der Waals surface area contributed by atoms with Gasteiger partial charge in [0, 0.05) is 7.05 Å². The predicted octanol–water partition coefficient (Wildman–Crippen LogP) is 0.757. The second-order valence-corrected chi connectivity index (χ2v) is 3.90. The minimum atomic E-state index is -1.06. The van der Waals surface area contributed by atoms with Gasteiger partial charge in [-0.25, -0.2) is 9.78 Å². The molecule has 3 heterocycles. The molecule has 0 aliphatic carbocycles. The van der Waals surface area contributed by atoms with Gasteiger partial charge in [0.05, 0.1) is 11.9 Å². The number of carbonyl (C=O) groups is 1. The first-order chi connectivity index (χ1) is 8.08. The molecule has 0 saturated heterocycles. The number of fused-ring (bicyclic) bond motifs is 3. The van der Waals surface area contributed by atoms with Crippen LogP contribution in [0, 0.1) is 0 Å². The molecule has 7 nitrogen and oxygen atoms in total. The van der Waals surface area contributed by atoms with Gasteiger partial charge in [-0.1, -0.05) is 0 Å². The molecule has 0 amide bonds. The van der Waals surface area contributed by atoms with Crippen LogP contribution < -0.4 is 4.74 Å². The molecule has 1 aliphatic rings. The number of hydrogen-bond acceptors (Lipinski definition) is 4. The van der Waals surface area contributed by atoms with E-state index in [2.05, 4.69) is 10.1 Å². The third-order valence-corrected chi connectivity index (χ3v) is 2.70. The zero-order valence-electron chi connectivity index (χ0n) is 9.28. The Balaban J connectivity index is 2.26. The van der Waals surface area contributed by atoms with Crippen LogP contribution in [0.5, 0.6) is 5.75 Å². The molecule has 3 rings (SSSR count). The van der Waals surface area contributed by atoms with Crippen LogP contribution in [0.1, 0.15) is 29.2 Å². The van der Waals surface area contributed by atoms with E-state index in [0.29, 0.717) is 17.3 Å². The van der Waals surface area contributed by atoms with Crippen LogP contribution in [-0.2, 0) is 7.05 Å². The second-order valence-electron chi connectivity index (χ2n) is 3.90. The lowest BCUT2D eigenvalue weighted by Gasteiger charge is -2.21. The van der Waals surface area contributed by atoms with Crippen LogP contribution in [0.2, 0.25) is 0 Å². The summed E-state index contributed by atoms with van der Waals surface area (Å²) in [7, 11) is 1.78. The Kier molecular flexibility index (Phi) is 1.80. The van der Waals surface area contributed by atoms with Crippen LogP contribution in [0.3, 0.4) is 0 Å². The van der Waals surface area contributed by atoms with Gasteiger partial charge in [0.25, 0.3) is 0 Å². The molecule has 0 spiro atoms. The fourth-order valence-corrected chi connectivity index (χ4v) is 2.03. The fourth-order valence-electron chi connectivity index (χ4n) is 2.03. The van der Waals surface area contributed by atoms with E-state index >= 15 is 0 Å². The predicted molar refractivity (Wildman–Crippen MR) is 56.3 cm³/mol. The average Bonchev–Trinajstić information content (AvgIpc) is 2.80. The fraction of sp³-hybridized carbons (Fsp3) is 0.300. The van der Waals surface area contributed by atoms with E-state index in [1.54, 1.807) is 29.4 Å². The summed E-state index contributed by atoms with van der Waals surface area (Å²) in [4.78, 5) is 14.9. The molecular weight excluding hydrogens is 224 g/mol. The topological polar surface area (TPSA) is 82.2 Å². The Bertz CT molecular complexity index is 613. The quantitative estimate of drug-likeness (QED) is 0.787. The van der Waals surface area contributed by atoms with Crippen molar-refractivity contribution in [1.82, 2.24) is 19.3 Å². The van der Waals surface area contributed by atoms with Crippen molar-refractivity contribution in [2.24, 2.45) is 7.05 Å². The van der Waals surface area contributed by atoms with E-state index in [1.807, 2.05) is 0 Å². The summed E-state index contributed by atoms with van der Waals surface area (Å²) >= 11 is 0. The highest BCUT2D eigenvalue weighted by Crippen LogP contribution is 2.35. The molecule has 1 N–H and O–H groups in total. The van der Waals surface area contributed by atoms with Crippen molar-refractivity contribution >= 4 is 5.97 Å². The summed E-state index contributed by atoms with van der Waals surface area (Å²) in [6.45, 7) is 1.79. The number of hydrogen-bond donors (Lipinski definition) is 1. The molecule has 88 valence electrons. The first kappa shape index (κ1) is 9.88. The minimum absolute atomic E-state index is 0.00815. The van der Waals surface area contributed by atoms with Crippen molar-refractivity contribution in [3.63, 3.8) is 0 Å². The summed E-state index contributed by atoms with van der Waals surface area (Å²) in [6.07, 6.45) is 2.85. The lowest BCUT2D eigenvalue weighted by Crippen LogP contribution is -2.18. The number of aromatic carboxylic acids is 1. The normalized spacial score (nSPS) is 17.2. The van der Waals surface area contributed by atoms with Crippen molar-refractivity contribution in [3.8, 4) is 11.6 Å².